The molecule has 0 spiro atoms. The van der Waals surface area contributed by atoms with Crippen LogP contribution in [0, 0.1) is 0 Å². The largest absolute Gasteiger partial charge is 0.456 e. The van der Waals surface area contributed by atoms with E-state index in [1.807, 2.05) is 0 Å². The lowest BCUT2D eigenvalue weighted by Crippen LogP contribution is -2.14. The number of para-hydroxylation sites is 2. The van der Waals surface area contributed by atoms with E-state index in [4.69, 9.17) is 8.83 Å². The Morgan fingerprint density at radius 1 is 0.300 bits per heavy atom. The lowest BCUT2D eigenvalue weighted by atomic mass is 9.79. The Kier molecular flexibility index (Phi) is 5.95. The Labute approximate surface area is 346 Å². The first-order valence-corrected chi connectivity index (χ1v) is 21.2. The highest BCUT2D eigenvalue weighted by atomic mass is 16.3. The highest BCUT2D eigenvalue weighted by Gasteiger charge is 2.40. The topological polar surface area (TPSA) is 26.3 Å². The summed E-state index contributed by atoms with van der Waals surface area (Å²) in [5.74, 6) is 0. The van der Waals surface area contributed by atoms with Crippen LogP contribution < -0.4 is 0 Å². The van der Waals surface area contributed by atoms with Crippen LogP contribution in [0.2, 0.25) is 0 Å². The number of furan rings is 2. The fourth-order valence-electron chi connectivity index (χ4n) is 11.9. The molecule has 10 aromatic carbocycles. The van der Waals surface area contributed by atoms with Crippen LogP contribution in [0.3, 0.4) is 0 Å². The Morgan fingerprint density at radius 3 is 1.17 bits per heavy atom. The van der Waals surface area contributed by atoms with Crippen molar-refractivity contribution in [2.75, 3.05) is 0 Å². The SMILES string of the molecule is CC1(C)c2ccccc2-c2c1cc1oc3ccccc3c1c2-c1ccc2ccc3c(-c4c5c(cc6oc7ccccc7c46)C(C)(C)c4ccccc4-5)ccc4ccc1c2c43. The minimum Gasteiger partial charge on any atom is -0.456 e. The van der Waals surface area contributed by atoms with Gasteiger partial charge in [-0.25, -0.2) is 0 Å². The first-order valence-electron chi connectivity index (χ1n) is 21.2. The molecular formula is C58H38O2. The highest BCUT2D eigenvalue weighted by molar-refractivity contribution is 6.31. The standard InChI is InChI=1S/C58H38O2/c1-57(2)41-17-9-5-13-37(41)51-43(57)29-47-53(39-15-7-11-19-45(39)59-47)55(51)35-27-23-31-22-26-34-36(28-24-32-21-25-33(35)49(31)50(32)34)56-52-38-14-6-10-18-42(38)58(3,4)44(52)30-48-54(56)40-16-8-12-20-46(40)60-48/h5-30H,1-4H3. The van der Waals surface area contributed by atoms with E-state index in [2.05, 4.69) is 185 Å². The van der Waals surface area contributed by atoms with Crippen molar-refractivity contribution in [3.63, 3.8) is 0 Å². The summed E-state index contributed by atoms with van der Waals surface area (Å²) in [7, 11) is 0. The molecule has 0 saturated carbocycles. The van der Waals surface area contributed by atoms with Gasteiger partial charge in [0.2, 0.25) is 0 Å². The van der Waals surface area contributed by atoms with Crippen LogP contribution in [0.15, 0.2) is 167 Å². The van der Waals surface area contributed by atoms with Crippen LogP contribution in [0.5, 0.6) is 0 Å². The van der Waals surface area contributed by atoms with Gasteiger partial charge in [0, 0.05) is 43.5 Å². The number of benzene rings is 10. The normalized spacial score (nSPS) is 14.9. The second kappa shape index (κ2) is 10.9. The van der Waals surface area contributed by atoms with E-state index in [1.165, 1.54) is 110 Å². The minimum atomic E-state index is -0.182. The molecule has 2 heteroatoms. The minimum absolute atomic E-state index is 0.182. The number of rotatable bonds is 2. The second-order valence-corrected chi connectivity index (χ2v) is 18.3. The zero-order valence-corrected chi connectivity index (χ0v) is 33.8. The molecular weight excluding hydrogens is 729 g/mol. The first-order chi connectivity index (χ1) is 29.3. The molecule has 2 aliphatic carbocycles. The van der Waals surface area contributed by atoms with Gasteiger partial charge in [0.25, 0.3) is 0 Å². The summed E-state index contributed by atoms with van der Waals surface area (Å²) in [5, 5.41) is 12.3. The van der Waals surface area contributed by atoms with E-state index < -0.39 is 0 Å². The fourth-order valence-corrected chi connectivity index (χ4v) is 11.9. The summed E-state index contributed by atoms with van der Waals surface area (Å²) in [5.41, 5.74) is 19.0. The maximum atomic E-state index is 6.75. The van der Waals surface area contributed by atoms with Gasteiger partial charge < -0.3 is 8.83 Å². The van der Waals surface area contributed by atoms with Gasteiger partial charge in [0.05, 0.1) is 0 Å². The lowest BCUT2D eigenvalue weighted by molar-refractivity contribution is 0.647. The summed E-state index contributed by atoms with van der Waals surface area (Å²) in [6, 6.07) is 58.6. The van der Waals surface area contributed by atoms with E-state index in [0.717, 1.165) is 33.1 Å². The molecule has 2 nitrogen and oxygen atoms in total. The Bertz CT molecular complexity index is 3630. The van der Waals surface area contributed by atoms with E-state index >= 15 is 0 Å². The van der Waals surface area contributed by atoms with Crippen molar-refractivity contribution in [3.05, 3.63) is 180 Å². The predicted molar refractivity (Wildman–Crippen MR) is 251 cm³/mol. The number of hydrogen-bond acceptors (Lipinski definition) is 2. The van der Waals surface area contributed by atoms with Gasteiger partial charge in [-0.15, -0.1) is 0 Å². The molecule has 0 saturated heterocycles. The Morgan fingerprint density at radius 2 is 0.700 bits per heavy atom. The molecule has 0 fully saturated rings. The Hall–Kier alpha value is -7.16. The molecule has 14 rings (SSSR count). The monoisotopic (exact) mass is 766 g/mol. The third-order valence-corrected chi connectivity index (χ3v) is 14.6. The van der Waals surface area contributed by atoms with Crippen LogP contribution in [0.1, 0.15) is 49.9 Å². The molecule has 2 heterocycles. The van der Waals surface area contributed by atoms with Crippen LogP contribution in [0.25, 0.3) is 121 Å². The molecule has 60 heavy (non-hydrogen) atoms. The van der Waals surface area contributed by atoms with Crippen molar-refractivity contribution in [1.29, 1.82) is 0 Å². The van der Waals surface area contributed by atoms with Crippen LogP contribution in [-0.4, -0.2) is 0 Å². The van der Waals surface area contributed by atoms with Gasteiger partial charge >= 0.3 is 0 Å². The summed E-state index contributed by atoms with van der Waals surface area (Å²) >= 11 is 0. The molecule has 2 aliphatic rings. The van der Waals surface area contributed by atoms with E-state index in [1.54, 1.807) is 0 Å². The summed E-state index contributed by atoms with van der Waals surface area (Å²) in [4.78, 5) is 0. The molecule has 2 aromatic heterocycles. The van der Waals surface area contributed by atoms with E-state index in [9.17, 15) is 0 Å². The van der Waals surface area contributed by atoms with Crippen molar-refractivity contribution >= 4 is 76.2 Å². The third kappa shape index (κ3) is 3.86. The maximum Gasteiger partial charge on any atom is 0.136 e. The molecule has 12 aromatic rings. The molecule has 0 bridgehead atoms. The average Bonchev–Trinajstić information content (AvgIpc) is 3.97. The quantitative estimate of drug-likeness (QED) is 0.164. The zero-order valence-electron chi connectivity index (χ0n) is 33.8. The average molecular weight is 767 g/mol. The van der Waals surface area contributed by atoms with Crippen molar-refractivity contribution in [2.45, 2.75) is 38.5 Å². The maximum absolute atomic E-state index is 6.75. The number of hydrogen-bond donors (Lipinski definition) is 0. The van der Waals surface area contributed by atoms with E-state index in [-0.39, 0.29) is 10.8 Å². The summed E-state index contributed by atoms with van der Waals surface area (Å²) in [6.45, 7) is 9.45. The zero-order chi connectivity index (χ0) is 39.8. The summed E-state index contributed by atoms with van der Waals surface area (Å²) in [6.07, 6.45) is 0. The lowest BCUT2D eigenvalue weighted by Gasteiger charge is -2.23. The summed E-state index contributed by atoms with van der Waals surface area (Å²) < 4.78 is 13.5. The molecule has 0 amide bonds. The smallest absolute Gasteiger partial charge is 0.136 e. The molecule has 0 atom stereocenters. The predicted octanol–water partition coefficient (Wildman–Crippen LogP) is 16.3. The third-order valence-electron chi connectivity index (χ3n) is 14.6. The second-order valence-electron chi connectivity index (χ2n) is 18.3. The fraction of sp³-hybridized carbons (Fsp3) is 0.103. The van der Waals surface area contributed by atoms with Gasteiger partial charge in [-0.1, -0.05) is 161 Å². The van der Waals surface area contributed by atoms with E-state index in [0.29, 0.717) is 0 Å². The first kappa shape index (κ1) is 32.8. The van der Waals surface area contributed by atoms with Crippen LogP contribution >= 0.6 is 0 Å². The molecule has 282 valence electrons. The van der Waals surface area contributed by atoms with Crippen molar-refractivity contribution in [1.82, 2.24) is 0 Å². The molecule has 0 N–H and O–H groups in total. The molecule has 0 aliphatic heterocycles. The molecule has 0 radical (unpaired) electrons. The van der Waals surface area contributed by atoms with Crippen molar-refractivity contribution < 1.29 is 8.83 Å². The van der Waals surface area contributed by atoms with Crippen LogP contribution in [-0.2, 0) is 10.8 Å². The van der Waals surface area contributed by atoms with Gasteiger partial charge in [0.1, 0.15) is 22.3 Å². The van der Waals surface area contributed by atoms with Gasteiger partial charge in [-0.05, 0) is 112 Å². The van der Waals surface area contributed by atoms with Crippen molar-refractivity contribution in [2.24, 2.45) is 0 Å². The molecule has 0 unspecified atom stereocenters. The van der Waals surface area contributed by atoms with Gasteiger partial charge in [-0.3, -0.25) is 0 Å². The van der Waals surface area contributed by atoms with Gasteiger partial charge in [0.15, 0.2) is 0 Å². The van der Waals surface area contributed by atoms with Crippen molar-refractivity contribution in [3.8, 4) is 44.5 Å². The number of fused-ring (bicyclic) bond motifs is 12. The van der Waals surface area contributed by atoms with Crippen LogP contribution in [0.4, 0.5) is 0 Å². The van der Waals surface area contributed by atoms with Gasteiger partial charge in [-0.2, -0.15) is 0 Å². The highest BCUT2D eigenvalue weighted by Crippen LogP contribution is 2.59. The Balaban J connectivity index is 1.14.